The van der Waals surface area contributed by atoms with Crippen molar-refractivity contribution in [1.82, 2.24) is 10.2 Å². The summed E-state index contributed by atoms with van der Waals surface area (Å²) in [5.74, 6) is 0.209. The Balaban J connectivity index is 1.90. The van der Waals surface area contributed by atoms with Gasteiger partial charge in [0.25, 0.3) is 5.91 Å². The minimum atomic E-state index is -0.687. The van der Waals surface area contributed by atoms with Crippen molar-refractivity contribution >= 4 is 23.4 Å². The maximum atomic E-state index is 13.5. The summed E-state index contributed by atoms with van der Waals surface area (Å²) < 4.78 is 5.91. The molecule has 0 radical (unpaired) electrons. The van der Waals surface area contributed by atoms with E-state index in [0.29, 0.717) is 23.7 Å². The van der Waals surface area contributed by atoms with E-state index in [2.05, 4.69) is 5.32 Å². The first-order chi connectivity index (χ1) is 16.4. The van der Waals surface area contributed by atoms with Crippen molar-refractivity contribution in [2.24, 2.45) is 0 Å². The zero-order chi connectivity index (χ0) is 24.5. The van der Waals surface area contributed by atoms with Crippen molar-refractivity contribution in [2.45, 2.75) is 39.8 Å². The van der Waals surface area contributed by atoms with Crippen LogP contribution in [0.1, 0.15) is 29.2 Å². The molecule has 0 heterocycles. The molecule has 0 aromatic heterocycles. The van der Waals surface area contributed by atoms with E-state index < -0.39 is 6.04 Å². The van der Waals surface area contributed by atoms with Gasteiger partial charge < -0.3 is 15.0 Å². The summed E-state index contributed by atoms with van der Waals surface area (Å²) >= 11 is 6.05. The van der Waals surface area contributed by atoms with E-state index in [4.69, 9.17) is 16.3 Å². The number of carbonyl (C=O) groups is 2. The van der Waals surface area contributed by atoms with E-state index in [1.165, 1.54) is 0 Å². The monoisotopic (exact) mass is 478 g/mol. The molecule has 3 rings (SSSR count). The highest BCUT2D eigenvalue weighted by Gasteiger charge is 2.30. The van der Waals surface area contributed by atoms with Crippen molar-refractivity contribution in [1.29, 1.82) is 0 Å². The number of hydrogen-bond donors (Lipinski definition) is 1. The van der Waals surface area contributed by atoms with E-state index in [-0.39, 0.29) is 25.0 Å². The van der Waals surface area contributed by atoms with Crippen molar-refractivity contribution in [3.63, 3.8) is 0 Å². The third-order valence-corrected chi connectivity index (χ3v) is 6.05. The van der Waals surface area contributed by atoms with Gasteiger partial charge in [-0.05, 0) is 61.2 Å². The lowest BCUT2D eigenvalue weighted by molar-refractivity contribution is -0.142. The van der Waals surface area contributed by atoms with Gasteiger partial charge in [0.2, 0.25) is 5.91 Å². The van der Waals surface area contributed by atoms with Gasteiger partial charge in [0, 0.05) is 24.5 Å². The van der Waals surface area contributed by atoms with E-state index in [1.54, 1.807) is 17.0 Å². The molecule has 0 aliphatic rings. The molecule has 0 aliphatic heterocycles. The smallest absolute Gasteiger partial charge is 0.261 e. The number of nitrogens with one attached hydrogen (secondary N) is 1. The number of rotatable bonds is 10. The van der Waals surface area contributed by atoms with Crippen LogP contribution in [-0.2, 0) is 22.6 Å². The number of likely N-dealkylation sites (N-methyl/N-ethyl adjacent to an activating group) is 1. The number of amides is 2. The van der Waals surface area contributed by atoms with Crippen LogP contribution in [0, 0.1) is 13.8 Å². The summed E-state index contributed by atoms with van der Waals surface area (Å²) in [5, 5.41) is 3.51. The standard InChI is InChI=1S/C28H31ClN2O3/c1-4-30-28(33)25(17-22-10-6-5-7-11-22)31(18-23-13-15-24(29)16-14-23)27(32)19-34-26-12-8-9-20(2)21(26)3/h5-16,25H,4,17-19H2,1-3H3,(H,30,33)/t25-/m1/s1. The SMILES string of the molecule is CCNC(=O)[C@@H](Cc1ccccc1)N(Cc1ccc(Cl)cc1)C(=O)COc1cccc(C)c1C. The highest BCUT2D eigenvalue weighted by atomic mass is 35.5. The molecule has 0 bridgehead atoms. The number of ether oxygens (including phenoxy) is 1. The first-order valence-corrected chi connectivity index (χ1v) is 11.8. The van der Waals surface area contributed by atoms with Crippen LogP contribution in [0.15, 0.2) is 72.8 Å². The number of hydrogen-bond acceptors (Lipinski definition) is 3. The van der Waals surface area contributed by atoms with Crippen molar-refractivity contribution in [2.75, 3.05) is 13.2 Å². The molecule has 1 N–H and O–H groups in total. The molecule has 6 heteroatoms. The third kappa shape index (κ3) is 6.84. The Morgan fingerprint density at radius 3 is 2.32 bits per heavy atom. The molecule has 0 unspecified atom stereocenters. The predicted molar refractivity (Wildman–Crippen MR) is 136 cm³/mol. The van der Waals surface area contributed by atoms with Gasteiger partial charge >= 0.3 is 0 Å². The highest BCUT2D eigenvalue weighted by molar-refractivity contribution is 6.30. The summed E-state index contributed by atoms with van der Waals surface area (Å²) in [5.41, 5.74) is 3.94. The topological polar surface area (TPSA) is 58.6 Å². The normalized spacial score (nSPS) is 11.5. The molecular formula is C28H31ClN2O3. The van der Waals surface area contributed by atoms with Crippen LogP contribution in [0.2, 0.25) is 5.02 Å². The average Bonchev–Trinajstić information content (AvgIpc) is 2.84. The maximum Gasteiger partial charge on any atom is 0.261 e. The number of carbonyl (C=O) groups excluding carboxylic acids is 2. The lowest BCUT2D eigenvalue weighted by Crippen LogP contribution is -2.51. The second-order valence-corrected chi connectivity index (χ2v) is 8.67. The van der Waals surface area contributed by atoms with Crippen LogP contribution >= 0.6 is 11.6 Å². The molecular weight excluding hydrogens is 448 g/mol. The molecule has 0 aliphatic carbocycles. The lowest BCUT2D eigenvalue weighted by Gasteiger charge is -2.31. The fourth-order valence-electron chi connectivity index (χ4n) is 3.74. The molecule has 0 spiro atoms. The fraction of sp³-hybridized carbons (Fsp3) is 0.286. The third-order valence-electron chi connectivity index (χ3n) is 5.79. The fourth-order valence-corrected chi connectivity index (χ4v) is 3.86. The van der Waals surface area contributed by atoms with E-state index >= 15 is 0 Å². The van der Waals surface area contributed by atoms with Crippen LogP contribution < -0.4 is 10.1 Å². The molecule has 2 amide bonds. The van der Waals surface area contributed by atoms with Gasteiger partial charge in [0.1, 0.15) is 11.8 Å². The molecule has 34 heavy (non-hydrogen) atoms. The van der Waals surface area contributed by atoms with Crippen LogP contribution in [0.25, 0.3) is 0 Å². The number of aryl methyl sites for hydroxylation is 1. The number of halogens is 1. The maximum absolute atomic E-state index is 13.5. The molecule has 3 aromatic carbocycles. The van der Waals surface area contributed by atoms with Gasteiger partial charge in [-0.1, -0.05) is 66.2 Å². The Kier molecular flexibility index (Phi) is 9.11. The Bertz CT molecular complexity index is 1100. The van der Waals surface area contributed by atoms with Crippen LogP contribution in [0.5, 0.6) is 5.75 Å². The van der Waals surface area contributed by atoms with Crippen molar-refractivity contribution < 1.29 is 14.3 Å². The molecule has 5 nitrogen and oxygen atoms in total. The van der Waals surface area contributed by atoms with Gasteiger partial charge in [-0.2, -0.15) is 0 Å². The Hall–Kier alpha value is -3.31. The minimum Gasteiger partial charge on any atom is -0.483 e. The van der Waals surface area contributed by atoms with Crippen LogP contribution in [0.4, 0.5) is 0 Å². The van der Waals surface area contributed by atoms with E-state index in [1.807, 2.05) is 81.4 Å². The van der Waals surface area contributed by atoms with E-state index in [0.717, 1.165) is 22.3 Å². The van der Waals surface area contributed by atoms with Gasteiger partial charge in [-0.15, -0.1) is 0 Å². The lowest BCUT2D eigenvalue weighted by atomic mass is 10.0. The highest BCUT2D eigenvalue weighted by Crippen LogP contribution is 2.22. The second kappa shape index (κ2) is 12.2. The Morgan fingerprint density at radius 1 is 0.941 bits per heavy atom. The summed E-state index contributed by atoms with van der Waals surface area (Å²) in [6.07, 6.45) is 0.398. The quantitative estimate of drug-likeness (QED) is 0.440. The molecule has 1 atom stereocenters. The molecule has 3 aromatic rings. The summed E-state index contributed by atoms with van der Waals surface area (Å²) in [6, 6.07) is 22.1. The van der Waals surface area contributed by atoms with Gasteiger partial charge in [0.05, 0.1) is 0 Å². The minimum absolute atomic E-state index is 0.164. The Labute approximate surface area is 206 Å². The second-order valence-electron chi connectivity index (χ2n) is 8.23. The largest absolute Gasteiger partial charge is 0.483 e. The van der Waals surface area contributed by atoms with E-state index in [9.17, 15) is 9.59 Å². The number of benzene rings is 3. The summed E-state index contributed by atoms with van der Waals surface area (Å²) in [7, 11) is 0. The van der Waals surface area contributed by atoms with Crippen molar-refractivity contribution in [3.05, 3.63) is 100 Å². The first-order valence-electron chi connectivity index (χ1n) is 11.4. The van der Waals surface area contributed by atoms with Gasteiger partial charge in [-0.25, -0.2) is 0 Å². The van der Waals surface area contributed by atoms with Crippen molar-refractivity contribution in [3.8, 4) is 5.75 Å². The Morgan fingerprint density at radius 2 is 1.65 bits per heavy atom. The predicted octanol–water partition coefficient (Wildman–Crippen LogP) is 5.11. The first kappa shape index (κ1) is 25.3. The van der Waals surface area contributed by atoms with Crippen LogP contribution in [-0.4, -0.2) is 35.9 Å². The zero-order valence-corrected chi connectivity index (χ0v) is 20.6. The number of nitrogens with zero attached hydrogens (tertiary/aromatic N) is 1. The molecule has 0 saturated heterocycles. The summed E-state index contributed by atoms with van der Waals surface area (Å²) in [6.45, 7) is 6.41. The zero-order valence-electron chi connectivity index (χ0n) is 19.9. The molecule has 178 valence electrons. The van der Waals surface area contributed by atoms with Gasteiger partial charge in [0.15, 0.2) is 6.61 Å². The molecule has 0 fully saturated rings. The molecule has 0 saturated carbocycles. The van der Waals surface area contributed by atoms with Gasteiger partial charge in [-0.3, -0.25) is 9.59 Å². The average molecular weight is 479 g/mol. The summed E-state index contributed by atoms with van der Waals surface area (Å²) in [4.78, 5) is 28.3. The van der Waals surface area contributed by atoms with Crippen LogP contribution in [0.3, 0.4) is 0 Å².